The third kappa shape index (κ3) is 3.17. The summed E-state index contributed by atoms with van der Waals surface area (Å²) >= 11 is 10.3. The van der Waals surface area contributed by atoms with Crippen molar-refractivity contribution in [2.45, 2.75) is 31.6 Å². The van der Waals surface area contributed by atoms with Crippen LogP contribution in [-0.4, -0.2) is 9.97 Å². The van der Waals surface area contributed by atoms with Crippen molar-refractivity contribution in [3.63, 3.8) is 0 Å². The van der Waals surface area contributed by atoms with E-state index in [9.17, 15) is 4.79 Å². The minimum atomic E-state index is -0.110. The Morgan fingerprint density at radius 1 is 1.10 bits per heavy atom. The van der Waals surface area contributed by atoms with E-state index in [4.69, 9.17) is 4.98 Å². The molecule has 21 heavy (non-hydrogen) atoms. The highest BCUT2D eigenvalue weighted by molar-refractivity contribution is 9.13. The smallest absolute Gasteiger partial charge is 0.265 e. The molecule has 2 aromatic rings. The average Bonchev–Trinajstić information content (AvgIpc) is 2.98. The van der Waals surface area contributed by atoms with Crippen LogP contribution in [0.15, 0.2) is 36.4 Å². The molecule has 1 saturated carbocycles. The number of nitrogens with zero attached hydrogens (tertiary/aromatic N) is 1. The van der Waals surface area contributed by atoms with Gasteiger partial charge in [-0.25, -0.2) is 4.98 Å². The minimum absolute atomic E-state index is 0.110. The molecule has 110 valence electrons. The summed E-state index contributed by atoms with van der Waals surface area (Å²) in [6.07, 6.45) is 4.65. The van der Waals surface area contributed by atoms with Crippen LogP contribution in [0.1, 0.15) is 37.3 Å². The summed E-state index contributed by atoms with van der Waals surface area (Å²) in [6, 6.07) is 5.84. The van der Waals surface area contributed by atoms with Crippen LogP contribution in [-0.2, 0) is 0 Å². The summed E-state index contributed by atoms with van der Waals surface area (Å²) < 4.78 is 2.49. The molecule has 1 aliphatic carbocycles. The first-order chi connectivity index (χ1) is 10.1. The van der Waals surface area contributed by atoms with Gasteiger partial charge in [-0.15, -0.1) is 0 Å². The summed E-state index contributed by atoms with van der Waals surface area (Å²) in [6.45, 7) is 0. The van der Waals surface area contributed by atoms with Crippen LogP contribution in [0.4, 0.5) is 0 Å². The summed E-state index contributed by atoms with van der Waals surface area (Å²) in [4.78, 5) is 19.7. The molecule has 0 bridgehead atoms. The van der Waals surface area contributed by atoms with Crippen molar-refractivity contribution in [2.24, 2.45) is 0 Å². The number of hydrogen-bond donors (Lipinski definition) is 1. The normalized spacial score (nSPS) is 15.6. The van der Waals surface area contributed by atoms with E-state index in [1.165, 1.54) is 12.8 Å². The standard InChI is InChI=1S/C15H13Br3N2O/c16-10-6-5-9(7-11(10)17)14-19-13(8-3-1-2-4-8)12(18)15(21)20-14/h5-8H,1-4H2,(H,19,20,21). The van der Waals surface area contributed by atoms with E-state index in [1.807, 2.05) is 18.2 Å². The maximum absolute atomic E-state index is 12.2. The van der Waals surface area contributed by atoms with Crippen molar-refractivity contribution in [1.29, 1.82) is 0 Å². The van der Waals surface area contributed by atoms with Crippen LogP contribution in [0.3, 0.4) is 0 Å². The van der Waals surface area contributed by atoms with Crippen LogP contribution in [0, 0.1) is 0 Å². The third-order valence-electron chi connectivity index (χ3n) is 3.82. The van der Waals surface area contributed by atoms with Crippen molar-refractivity contribution in [3.8, 4) is 11.4 Å². The van der Waals surface area contributed by atoms with Gasteiger partial charge in [-0.1, -0.05) is 18.9 Å². The van der Waals surface area contributed by atoms with E-state index in [1.54, 1.807) is 0 Å². The molecular weight excluding hydrogens is 464 g/mol. The lowest BCUT2D eigenvalue weighted by Gasteiger charge is -2.12. The summed E-state index contributed by atoms with van der Waals surface area (Å²) in [5, 5.41) is 0. The summed E-state index contributed by atoms with van der Waals surface area (Å²) in [5.74, 6) is 1.01. The molecule has 1 heterocycles. The number of benzene rings is 1. The number of rotatable bonds is 2. The fraction of sp³-hybridized carbons (Fsp3) is 0.333. The van der Waals surface area contributed by atoms with Crippen LogP contribution in [0.25, 0.3) is 11.4 Å². The van der Waals surface area contributed by atoms with Crippen LogP contribution >= 0.6 is 47.8 Å². The van der Waals surface area contributed by atoms with Crippen molar-refractivity contribution in [1.82, 2.24) is 9.97 Å². The monoisotopic (exact) mass is 474 g/mol. The fourth-order valence-electron chi connectivity index (χ4n) is 2.73. The molecular formula is C15H13Br3N2O. The SMILES string of the molecule is O=c1[nH]c(-c2ccc(Br)c(Br)c2)nc(C2CCCC2)c1Br. The maximum Gasteiger partial charge on any atom is 0.265 e. The van der Waals surface area contributed by atoms with Gasteiger partial charge in [0.1, 0.15) is 10.3 Å². The molecule has 0 spiro atoms. The highest BCUT2D eigenvalue weighted by Crippen LogP contribution is 2.36. The molecule has 0 atom stereocenters. The zero-order valence-electron chi connectivity index (χ0n) is 11.1. The van der Waals surface area contributed by atoms with E-state index in [-0.39, 0.29) is 5.56 Å². The molecule has 1 aromatic heterocycles. The van der Waals surface area contributed by atoms with Gasteiger partial charge < -0.3 is 4.98 Å². The number of nitrogens with one attached hydrogen (secondary N) is 1. The van der Waals surface area contributed by atoms with Gasteiger partial charge in [-0.3, -0.25) is 4.79 Å². The zero-order valence-corrected chi connectivity index (χ0v) is 15.9. The Morgan fingerprint density at radius 2 is 1.81 bits per heavy atom. The summed E-state index contributed by atoms with van der Waals surface area (Å²) in [7, 11) is 0. The van der Waals surface area contributed by atoms with Crippen LogP contribution < -0.4 is 5.56 Å². The quantitative estimate of drug-likeness (QED) is 0.632. The van der Waals surface area contributed by atoms with Gasteiger partial charge in [0.25, 0.3) is 5.56 Å². The number of aromatic nitrogens is 2. The first-order valence-electron chi connectivity index (χ1n) is 6.81. The van der Waals surface area contributed by atoms with E-state index in [0.29, 0.717) is 16.2 Å². The first-order valence-corrected chi connectivity index (χ1v) is 9.19. The molecule has 0 radical (unpaired) electrons. The lowest BCUT2D eigenvalue weighted by atomic mass is 10.0. The Morgan fingerprint density at radius 3 is 2.48 bits per heavy atom. The van der Waals surface area contributed by atoms with E-state index in [0.717, 1.165) is 33.0 Å². The van der Waals surface area contributed by atoms with Crippen LogP contribution in [0.5, 0.6) is 0 Å². The van der Waals surface area contributed by atoms with Gasteiger partial charge in [0.05, 0.1) is 5.69 Å². The van der Waals surface area contributed by atoms with E-state index >= 15 is 0 Å². The second kappa shape index (κ2) is 6.34. The van der Waals surface area contributed by atoms with Gasteiger partial charge in [0, 0.05) is 20.4 Å². The highest BCUT2D eigenvalue weighted by Gasteiger charge is 2.23. The number of halogens is 3. The number of hydrogen-bond acceptors (Lipinski definition) is 2. The first kappa shape index (κ1) is 15.4. The molecule has 1 N–H and O–H groups in total. The Hall–Kier alpha value is -0.460. The molecule has 0 aliphatic heterocycles. The molecule has 1 aliphatic rings. The van der Waals surface area contributed by atoms with Crippen molar-refractivity contribution in [3.05, 3.63) is 47.7 Å². The zero-order chi connectivity index (χ0) is 15.0. The molecule has 1 aromatic carbocycles. The Balaban J connectivity index is 2.10. The van der Waals surface area contributed by atoms with Gasteiger partial charge in [0.15, 0.2) is 0 Å². The predicted molar refractivity (Wildman–Crippen MR) is 94.6 cm³/mol. The second-order valence-electron chi connectivity index (χ2n) is 5.22. The van der Waals surface area contributed by atoms with Crippen molar-refractivity contribution >= 4 is 47.8 Å². The van der Waals surface area contributed by atoms with E-state index in [2.05, 4.69) is 52.8 Å². The van der Waals surface area contributed by atoms with Crippen molar-refractivity contribution < 1.29 is 0 Å². The fourth-order valence-corrected chi connectivity index (χ4v) is 3.86. The molecule has 0 unspecified atom stereocenters. The Kier molecular flexibility index (Phi) is 4.66. The third-order valence-corrected chi connectivity index (χ3v) is 6.47. The number of H-pyrrole nitrogens is 1. The van der Waals surface area contributed by atoms with Gasteiger partial charge >= 0.3 is 0 Å². The second-order valence-corrected chi connectivity index (χ2v) is 7.73. The average molecular weight is 477 g/mol. The molecule has 1 fully saturated rings. The maximum atomic E-state index is 12.2. The van der Waals surface area contributed by atoms with Gasteiger partial charge in [0.2, 0.25) is 0 Å². The van der Waals surface area contributed by atoms with Crippen LogP contribution in [0.2, 0.25) is 0 Å². The summed E-state index contributed by atoms with van der Waals surface area (Å²) in [5.41, 5.74) is 1.68. The number of aromatic amines is 1. The molecule has 3 rings (SSSR count). The molecule has 6 heteroatoms. The van der Waals surface area contributed by atoms with Crippen molar-refractivity contribution in [2.75, 3.05) is 0 Å². The van der Waals surface area contributed by atoms with E-state index < -0.39 is 0 Å². The highest BCUT2D eigenvalue weighted by atomic mass is 79.9. The van der Waals surface area contributed by atoms with Gasteiger partial charge in [-0.2, -0.15) is 0 Å². The lowest BCUT2D eigenvalue weighted by molar-refractivity contribution is 0.688. The predicted octanol–water partition coefficient (Wildman–Crippen LogP) is 5.38. The Labute approximate surface area is 148 Å². The lowest BCUT2D eigenvalue weighted by Crippen LogP contribution is -2.15. The largest absolute Gasteiger partial charge is 0.306 e. The Bertz CT molecular complexity index is 736. The van der Waals surface area contributed by atoms with Gasteiger partial charge in [-0.05, 0) is 72.8 Å². The molecule has 3 nitrogen and oxygen atoms in total. The minimum Gasteiger partial charge on any atom is -0.306 e. The molecule has 0 saturated heterocycles. The topological polar surface area (TPSA) is 45.8 Å². The molecule has 0 amide bonds.